The van der Waals surface area contributed by atoms with Crippen LogP contribution in [0.4, 0.5) is 0 Å². The van der Waals surface area contributed by atoms with Gasteiger partial charge in [-0.25, -0.2) is 0 Å². The molecular formula is C17H28N2. The van der Waals surface area contributed by atoms with Crippen molar-refractivity contribution in [3.8, 4) is 0 Å². The van der Waals surface area contributed by atoms with Gasteiger partial charge in [0.15, 0.2) is 0 Å². The number of nitrogens with zero attached hydrogens (tertiary/aromatic N) is 1. The van der Waals surface area contributed by atoms with Crippen molar-refractivity contribution < 1.29 is 0 Å². The number of likely N-dealkylation sites (N-methyl/N-ethyl adjacent to an activating group) is 1. The number of hydrogen-bond donors (Lipinski definition) is 1. The summed E-state index contributed by atoms with van der Waals surface area (Å²) in [6, 6.07) is 6.79. The van der Waals surface area contributed by atoms with Gasteiger partial charge in [0.25, 0.3) is 0 Å². The van der Waals surface area contributed by atoms with Crippen LogP contribution in [0.2, 0.25) is 0 Å². The van der Waals surface area contributed by atoms with Gasteiger partial charge in [-0.3, -0.25) is 0 Å². The molecule has 0 aliphatic carbocycles. The highest BCUT2D eigenvalue weighted by Gasteiger charge is 2.14. The minimum atomic E-state index is 0.893. The number of benzene rings is 1. The van der Waals surface area contributed by atoms with E-state index in [1.54, 1.807) is 0 Å². The Hall–Kier alpha value is -0.860. The molecule has 1 heterocycles. The SMILES string of the molecule is Cc1ccc(C)c(CCN(C)CC2CCNCC2)c1. The van der Waals surface area contributed by atoms with Gasteiger partial charge in [0, 0.05) is 13.1 Å². The second kappa shape index (κ2) is 7.06. The van der Waals surface area contributed by atoms with E-state index in [2.05, 4.69) is 49.3 Å². The molecule has 0 saturated carbocycles. The van der Waals surface area contributed by atoms with Gasteiger partial charge < -0.3 is 10.2 Å². The van der Waals surface area contributed by atoms with Crippen LogP contribution in [0.25, 0.3) is 0 Å². The third-order valence-corrected chi connectivity index (χ3v) is 4.30. The molecule has 0 spiro atoms. The lowest BCUT2D eigenvalue weighted by Crippen LogP contribution is -2.35. The Bertz CT molecular complexity index is 394. The Balaban J connectivity index is 1.79. The summed E-state index contributed by atoms with van der Waals surface area (Å²) in [7, 11) is 2.27. The van der Waals surface area contributed by atoms with Crippen LogP contribution in [0.3, 0.4) is 0 Å². The van der Waals surface area contributed by atoms with Crippen LogP contribution in [0.1, 0.15) is 29.5 Å². The van der Waals surface area contributed by atoms with Crippen LogP contribution in [0.15, 0.2) is 18.2 Å². The van der Waals surface area contributed by atoms with E-state index in [9.17, 15) is 0 Å². The van der Waals surface area contributed by atoms with Crippen molar-refractivity contribution in [3.05, 3.63) is 34.9 Å². The van der Waals surface area contributed by atoms with E-state index in [-0.39, 0.29) is 0 Å². The molecule has 2 rings (SSSR count). The van der Waals surface area contributed by atoms with Crippen LogP contribution in [-0.4, -0.2) is 38.1 Å². The van der Waals surface area contributed by atoms with Crippen molar-refractivity contribution in [1.29, 1.82) is 0 Å². The van der Waals surface area contributed by atoms with Gasteiger partial charge in [0.1, 0.15) is 0 Å². The summed E-state index contributed by atoms with van der Waals surface area (Å²) in [6.45, 7) is 9.25. The smallest absolute Gasteiger partial charge is 0.00190 e. The predicted octanol–water partition coefficient (Wildman–Crippen LogP) is 2.78. The summed E-state index contributed by atoms with van der Waals surface area (Å²) >= 11 is 0. The highest BCUT2D eigenvalue weighted by molar-refractivity contribution is 5.30. The van der Waals surface area contributed by atoms with Crippen molar-refractivity contribution in [2.75, 3.05) is 33.2 Å². The van der Waals surface area contributed by atoms with Gasteiger partial charge in [-0.1, -0.05) is 23.8 Å². The van der Waals surface area contributed by atoms with E-state index in [1.165, 1.54) is 62.1 Å². The fourth-order valence-electron chi connectivity index (χ4n) is 2.98. The van der Waals surface area contributed by atoms with E-state index >= 15 is 0 Å². The fourth-order valence-corrected chi connectivity index (χ4v) is 2.98. The van der Waals surface area contributed by atoms with Crippen LogP contribution < -0.4 is 5.32 Å². The van der Waals surface area contributed by atoms with Crippen LogP contribution in [-0.2, 0) is 6.42 Å². The number of aryl methyl sites for hydroxylation is 2. The van der Waals surface area contributed by atoms with E-state index in [1.807, 2.05) is 0 Å². The van der Waals surface area contributed by atoms with Gasteiger partial charge in [0.2, 0.25) is 0 Å². The van der Waals surface area contributed by atoms with Gasteiger partial charge in [-0.2, -0.15) is 0 Å². The molecule has 19 heavy (non-hydrogen) atoms. The minimum Gasteiger partial charge on any atom is -0.317 e. The van der Waals surface area contributed by atoms with Crippen LogP contribution >= 0.6 is 0 Å². The molecule has 0 unspecified atom stereocenters. The highest BCUT2D eigenvalue weighted by atomic mass is 15.1. The van der Waals surface area contributed by atoms with Crippen molar-refractivity contribution in [2.24, 2.45) is 5.92 Å². The second-order valence-electron chi connectivity index (χ2n) is 6.14. The maximum atomic E-state index is 3.44. The topological polar surface area (TPSA) is 15.3 Å². The molecule has 1 aromatic rings. The fraction of sp³-hybridized carbons (Fsp3) is 0.647. The third-order valence-electron chi connectivity index (χ3n) is 4.30. The summed E-state index contributed by atoms with van der Waals surface area (Å²) < 4.78 is 0. The molecule has 0 radical (unpaired) electrons. The summed E-state index contributed by atoms with van der Waals surface area (Å²) in [5.41, 5.74) is 4.32. The first-order valence-electron chi connectivity index (χ1n) is 7.60. The molecule has 0 amide bonds. The van der Waals surface area contributed by atoms with Crippen LogP contribution in [0, 0.1) is 19.8 Å². The number of hydrogen-bond acceptors (Lipinski definition) is 2. The zero-order chi connectivity index (χ0) is 13.7. The van der Waals surface area contributed by atoms with Gasteiger partial charge in [0.05, 0.1) is 0 Å². The molecule has 2 nitrogen and oxygen atoms in total. The number of rotatable bonds is 5. The summed E-state index contributed by atoms with van der Waals surface area (Å²) in [5, 5.41) is 3.44. The Morgan fingerprint density at radius 3 is 2.68 bits per heavy atom. The average Bonchev–Trinajstić information content (AvgIpc) is 2.41. The van der Waals surface area contributed by atoms with Gasteiger partial charge in [-0.05, 0) is 70.3 Å². The third kappa shape index (κ3) is 4.63. The van der Waals surface area contributed by atoms with Gasteiger partial charge in [-0.15, -0.1) is 0 Å². The lowest BCUT2D eigenvalue weighted by molar-refractivity contribution is 0.242. The molecule has 1 aliphatic rings. The van der Waals surface area contributed by atoms with Gasteiger partial charge >= 0.3 is 0 Å². The molecule has 0 atom stereocenters. The Labute approximate surface area is 118 Å². The summed E-state index contributed by atoms with van der Waals surface area (Å²) in [6.07, 6.45) is 3.86. The Morgan fingerprint density at radius 2 is 1.95 bits per heavy atom. The minimum absolute atomic E-state index is 0.893. The quantitative estimate of drug-likeness (QED) is 0.876. The van der Waals surface area contributed by atoms with E-state index < -0.39 is 0 Å². The first kappa shape index (κ1) is 14.5. The Kier molecular flexibility index (Phi) is 5.41. The zero-order valence-corrected chi connectivity index (χ0v) is 12.7. The lowest BCUT2D eigenvalue weighted by Gasteiger charge is -2.27. The second-order valence-corrected chi connectivity index (χ2v) is 6.14. The molecule has 0 bridgehead atoms. The lowest BCUT2D eigenvalue weighted by atomic mass is 9.97. The normalized spacial score (nSPS) is 17.1. The molecule has 2 heteroatoms. The molecule has 1 fully saturated rings. The first-order valence-corrected chi connectivity index (χ1v) is 7.60. The number of nitrogens with one attached hydrogen (secondary N) is 1. The standard InChI is InChI=1S/C17H28N2/c1-14-4-5-15(2)17(12-14)8-11-19(3)13-16-6-9-18-10-7-16/h4-5,12,16,18H,6-11,13H2,1-3H3. The predicted molar refractivity (Wildman–Crippen MR) is 82.7 cm³/mol. The summed E-state index contributed by atoms with van der Waals surface area (Å²) in [5.74, 6) is 0.893. The van der Waals surface area contributed by atoms with Crippen LogP contribution in [0.5, 0.6) is 0 Å². The van der Waals surface area contributed by atoms with Crippen molar-refractivity contribution in [1.82, 2.24) is 10.2 Å². The molecular weight excluding hydrogens is 232 g/mol. The maximum absolute atomic E-state index is 3.44. The molecule has 1 saturated heterocycles. The van der Waals surface area contributed by atoms with Crippen molar-refractivity contribution in [3.63, 3.8) is 0 Å². The number of piperidine rings is 1. The summed E-state index contributed by atoms with van der Waals surface area (Å²) in [4.78, 5) is 2.51. The van der Waals surface area contributed by atoms with Crippen molar-refractivity contribution in [2.45, 2.75) is 33.1 Å². The molecule has 0 aromatic heterocycles. The average molecular weight is 260 g/mol. The molecule has 106 valence electrons. The molecule has 1 aromatic carbocycles. The molecule has 1 N–H and O–H groups in total. The van der Waals surface area contributed by atoms with E-state index in [0.29, 0.717) is 0 Å². The zero-order valence-electron chi connectivity index (χ0n) is 12.7. The maximum Gasteiger partial charge on any atom is 0.00190 e. The van der Waals surface area contributed by atoms with Crippen molar-refractivity contribution >= 4 is 0 Å². The Morgan fingerprint density at radius 1 is 1.21 bits per heavy atom. The van der Waals surface area contributed by atoms with E-state index in [0.717, 1.165) is 5.92 Å². The monoisotopic (exact) mass is 260 g/mol. The molecule has 1 aliphatic heterocycles. The largest absolute Gasteiger partial charge is 0.317 e. The highest BCUT2D eigenvalue weighted by Crippen LogP contribution is 2.14. The van der Waals surface area contributed by atoms with E-state index in [4.69, 9.17) is 0 Å². The first-order chi connectivity index (χ1) is 9.15.